The van der Waals surface area contributed by atoms with Crippen molar-refractivity contribution in [3.8, 4) is 0 Å². The smallest absolute Gasteiger partial charge is 0.173 e. The van der Waals surface area contributed by atoms with E-state index in [9.17, 15) is 0 Å². The van der Waals surface area contributed by atoms with Crippen LogP contribution in [0.5, 0.6) is 0 Å². The lowest BCUT2D eigenvalue weighted by Gasteiger charge is -2.38. The number of ether oxygens (including phenoxy) is 2. The number of rotatable bonds is 3. The Morgan fingerprint density at radius 3 is 2.39 bits per heavy atom. The minimum Gasteiger partial charge on any atom is -0.349 e. The second-order valence-corrected chi connectivity index (χ2v) is 6.84. The van der Waals surface area contributed by atoms with Gasteiger partial charge in [-0.15, -0.1) is 0 Å². The van der Waals surface area contributed by atoms with Gasteiger partial charge in [0.2, 0.25) is 0 Å². The van der Waals surface area contributed by atoms with Gasteiger partial charge in [0, 0.05) is 31.6 Å². The van der Waals surface area contributed by atoms with Gasteiger partial charge in [0.15, 0.2) is 10.9 Å². The van der Waals surface area contributed by atoms with Crippen LogP contribution in [0.3, 0.4) is 0 Å². The van der Waals surface area contributed by atoms with Crippen LogP contribution in [0.15, 0.2) is 24.3 Å². The summed E-state index contributed by atoms with van der Waals surface area (Å²) in [5.74, 6) is 0.255. The van der Waals surface area contributed by atoms with Crippen molar-refractivity contribution >= 4 is 23.0 Å². The molecule has 2 aliphatic rings. The number of piperidine rings is 1. The van der Waals surface area contributed by atoms with E-state index < -0.39 is 0 Å². The normalized spacial score (nSPS) is 21.4. The molecule has 2 fully saturated rings. The summed E-state index contributed by atoms with van der Waals surface area (Å²) in [4.78, 5) is 2.20. The fourth-order valence-corrected chi connectivity index (χ4v) is 3.47. The van der Waals surface area contributed by atoms with E-state index >= 15 is 0 Å². The van der Waals surface area contributed by atoms with Crippen LogP contribution in [-0.2, 0) is 9.47 Å². The second-order valence-electron chi connectivity index (χ2n) is 6.46. The van der Waals surface area contributed by atoms with Gasteiger partial charge in [-0.3, -0.25) is 0 Å². The first-order chi connectivity index (χ1) is 11.1. The van der Waals surface area contributed by atoms with Crippen molar-refractivity contribution in [3.05, 3.63) is 29.8 Å². The molecule has 3 rings (SSSR count). The Labute approximate surface area is 144 Å². The molecule has 0 amide bonds. The molecule has 2 heterocycles. The van der Waals surface area contributed by atoms with E-state index in [4.69, 9.17) is 21.7 Å². The van der Waals surface area contributed by atoms with E-state index in [1.807, 2.05) is 0 Å². The zero-order valence-electron chi connectivity index (χ0n) is 14.0. The molecule has 1 N–H and O–H groups in total. The maximum absolute atomic E-state index is 5.76. The van der Waals surface area contributed by atoms with Crippen LogP contribution >= 0.6 is 12.2 Å². The third-order valence-corrected chi connectivity index (χ3v) is 5.33. The van der Waals surface area contributed by atoms with Gasteiger partial charge in [0.25, 0.3) is 0 Å². The fraction of sp³-hybridized carbons (Fsp3) is 0.611. The highest BCUT2D eigenvalue weighted by molar-refractivity contribution is 7.80. The predicted octanol–water partition coefficient (Wildman–Crippen LogP) is 3.74. The van der Waals surface area contributed by atoms with Crippen molar-refractivity contribution in [3.63, 3.8) is 0 Å². The van der Waals surface area contributed by atoms with Crippen molar-refractivity contribution in [2.75, 3.05) is 31.6 Å². The van der Waals surface area contributed by atoms with Crippen LogP contribution in [0, 0.1) is 0 Å². The van der Waals surface area contributed by atoms with Crippen LogP contribution < -0.4 is 5.32 Å². The first kappa shape index (κ1) is 16.7. The summed E-state index contributed by atoms with van der Waals surface area (Å²) in [5, 5.41) is 4.14. The van der Waals surface area contributed by atoms with Crippen LogP contribution in [0.1, 0.15) is 44.6 Å². The van der Waals surface area contributed by atoms with E-state index in [0.29, 0.717) is 19.1 Å². The summed E-state index contributed by atoms with van der Waals surface area (Å²) in [6.45, 7) is 7.64. The molecular weight excluding hydrogens is 308 g/mol. The average molecular weight is 334 g/mol. The van der Waals surface area contributed by atoms with Crippen molar-refractivity contribution in [2.45, 2.75) is 44.8 Å². The van der Waals surface area contributed by atoms with Crippen LogP contribution in [0.25, 0.3) is 0 Å². The quantitative estimate of drug-likeness (QED) is 0.852. The number of thiocarbonyl (C=S) groups is 1. The van der Waals surface area contributed by atoms with Crippen LogP contribution in [0.4, 0.5) is 5.69 Å². The Bertz CT molecular complexity index is 530. The fourth-order valence-electron chi connectivity index (χ4n) is 3.17. The lowest BCUT2D eigenvalue weighted by Crippen LogP contribution is -2.48. The summed E-state index contributed by atoms with van der Waals surface area (Å²) < 4.78 is 11.5. The lowest BCUT2D eigenvalue weighted by atomic mass is 9.99. The Balaban J connectivity index is 1.53. The first-order valence-electron chi connectivity index (χ1n) is 8.56. The Morgan fingerprint density at radius 2 is 1.83 bits per heavy atom. The molecule has 1 spiro atoms. The molecule has 4 nitrogen and oxygen atoms in total. The topological polar surface area (TPSA) is 33.7 Å². The van der Waals surface area contributed by atoms with Crippen LogP contribution in [-0.4, -0.2) is 42.1 Å². The SMILES string of the molecule is CC[C@@H](C)c1ccc(NC(=S)N2CCC3(CC2)OCCO3)cc1. The number of anilines is 1. The third kappa shape index (κ3) is 3.84. The van der Waals surface area contributed by atoms with Crippen LogP contribution in [0.2, 0.25) is 0 Å². The molecule has 0 aromatic heterocycles. The zero-order valence-corrected chi connectivity index (χ0v) is 14.8. The second kappa shape index (κ2) is 7.16. The highest BCUT2D eigenvalue weighted by Gasteiger charge is 2.40. The largest absolute Gasteiger partial charge is 0.349 e. The summed E-state index contributed by atoms with van der Waals surface area (Å²) in [6.07, 6.45) is 2.91. The average Bonchev–Trinajstić information content (AvgIpc) is 3.03. The summed E-state index contributed by atoms with van der Waals surface area (Å²) in [5.41, 5.74) is 2.43. The Hall–Kier alpha value is -1.17. The van der Waals surface area contributed by atoms with Gasteiger partial charge in [-0.25, -0.2) is 0 Å². The molecule has 5 heteroatoms. The number of hydrogen-bond acceptors (Lipinski definition) is 3. The van der Waals surface area contributed by atoms with Gasteiger partial charge < -0.3 is 19.7 Å². The van der Waals surface area contributed by atoms with Gasteiger partial charge in [0.1, 0.15) is 0 Å². The molecule has 0 aliphatic carbocycles. The van der Waals surface area contributed by atoms with Gasteiger partial charge in [-0.1, -0.05) is 26.0 Å². The molecular formula is C18H26N2O2S. The molecule has 1 aromatic carbocycles. The standard InChI is InChI=1S/C18H26N2O2S/c1-3-14(2)15-4-6-16(7-5-15)19-17(23)20-10-8-18(9-11-20)21-12-13-22-18/h4-7,14H,3,8-13H2,1-2H3,(H,19,23)/t14-/m1/s1. The Kier molecular flexibility index (Phi) is 5.19. The van der Waals surface area contributed by atoms with E-state index in [2.05, 4.69) is 48.3 Å². The molecule has 1 atom stereocenters. The zero-order chi connectivity index (χ0) is 16.3. The van der Waals surface area contributed by atoms with E-state index in [1.54, 1.807) is 0 Å². The van der Waals surface area contributed by atoms with Crippen molar-refractivity contribution in [2.24, 2.45) is 0 Å². The molecule has 2 aliphatic heterocycles. The molecule has 2 saturated heterocycles. The van der Waals surface area contributed by atoms with Gasteiger partial charge in [0.05, 0.1) is 13.2 Å². The van der Waals surface area contributed by atoms with Gasteiger partial charge >= 0.3 is 0 Å². The first-order valence-corrected chi connectivity index (χ1v) is 8.96. The Morgan fingerprint density at radius 1 is 1.22 bits per heavy atom. The van der Waals surface area contributed by atoms with E-state index in [-0.39, 0.29) is 5.79 Å². The summed E-state index contributed by atoms with van der Waals surface area (Å²) in [6, 6.07) is 8.60. The molecule has 23 heavy (non-hydrogen) atoms. The number of nitrogens with one attached hydrogen (secondary N) is 1. The summed E-state index contributed by atoms with van der Waals surface area (Å²) in [7, 11) is 0. The molecule has 0 radical (unpaired) electrons. The van der Waals surface area contributed by atoms with Gasteiger partial charge in [-0.2, -0.15) is 0 Å². The molecule has 126 valence electrons. The van der Waals surface area contributed by atoms with E-state index in [1.165, 1.54) is 5.56 Å². The minimum absolute atomic E-state index is 0.343. The molecule has 0 saturated carbocycles. The number of nitrogens with zero attached hydrogens (tertiary/aromatic N) is 1. The van der Waals surface area contributed by atoms with Gasteiger partial charge in [-0.05, 0) is 42.3 Å². The maximum atomic E-state index is 5.76. The molecule has 0 bridgehead atoms. The van der Waals surface area contributed by atoms with Crippen molar-refractivity contribution < 1.29 is 9.47 Å². The lowest BCUT2D eigenvalue weighted by molar-refractivity contribution is -0.180. The predicted molar refractivity (Wildman–Crippen MR) is 96.8 cm³/mol. The highest BCUT2D eigenvalue weighted by atomic mass is 32.1. The maximum Gasteiger partial charge on any atom is 0.173 e. The highest BCUT2D eigenvalue weighted by Crippen LogP contribution is 2.31. The number of benzene rings is 1. The van der Waals surface area contributed by atoms with Crippen molar-refractivity contribution in [1.82, 2.24) is 4.90 Å². The third-order valence-electron chi connectivity index (χ3n) is 4.97. The summed E-state index contributed by atoms with van der Waals surface area (Å²) >= 11 is 5.56. The monoisotopic (exact) mass is 334 g/mol. The number of likely N-dealkylation sites (tertiary alicyclic amines) is 1. The van der Waals surface area contributed by atoms with E-state index in [0.717, 1.165) is 43.2 Å². The minimum atomic E-state index is -0.343. The molecule has 1 aromatic rings. The number of hydrogen-bond donors (Lipinski definition) is 1. The molecule has 0 unspecified atom stereocenters. The van der Waals surface area contributed by atoms with Crippen molar-refractivity contribution in [1.29, 1.82) is 0 Å².